The molecular formula is C25H16FN3O3S. The maximum absolute atomic E-state index is 13.6. The molecule has 0 radical (unpaired) electrons. The van der Waals surface area contributed by atoms with Crippen molar-refractivity contribution in [1.82, 2.24) is 9.55 Å². The Labute approximate surface area is 192 Å². The third-order valence-electron chi connectivity index (χ3n) is 5.23. The molecule has 0 unspecified atom stereocenters. The third-order valence-corrected chi connectivity index (χ3v) is 6.20. The number of carbonyl (C=O) groups is 3. The van der Waals surface area contributed by atoms with Gasteiger partial charge in [0, 0.05) is 40.3 Å². The topological polar surface area (TPSA) is 81.1 Å². The molecule has 1 N–H and O–H groups in total. The standard InChI is InChI=1S/C25H16FN3O3S/c26-15-4-3-5-17(12-15)29-11-10-27-25(29)33-14-22(30)28-16-8-9-20-21(13-16)24(32)19-7-2-1-6-18(19)23(20)31/h1-13H,14H2,(H,28,30). The molecule has 0 saturated carbocycles. The Morgan fingerprint density at radius 3 is 2.39 bits per heavy atom. The van der Waals surface area contributed by atoms with E-state index in [9.17, 15) is 18.8 Å². The molecule has 0 bridgehead atoms. The van der Waals surface area contributed by atoms with Crippen molar-refractivity contribution in [3.8, 4) is 5.69 Å². The van der Waals surface area contributed by atoms with Crippen molar-refractivity contribution in [2.24, 2.45) is 0 Å². The van der Waals surface area contributed by atoms with Gasteiger partial charge in [-0.15, -0.1) is 0 Å². The predicted octanol–water partition coefficient (Wildman–Crippen LogP) is 4.52. The SMILES string of the molecule is O=C(CSc1nccn1-c1cccc(F)c1)Nc1ccc2c(c1)C(=O)c1ccccc1C2=O. The number of nitrogens with one attached hydrogen (secondary N) is 1. The van der Waals surface area contributed by atoms with E-state index in [0.717, 1.165) is 0 Å². The van der Waals surface area contributed by atoms with Crippen LogP contribution in [-0.4, -0.2) is 32.8 Å². The van der Waals surface area contributed by atoms with Crippen molar-refractivity contribution in [3.63, 3.8) is 0 Å². The lowest BCUT2D eigenvalue weighted by Gasteiger charge is -2.18. The van der Waals surface area contributed by atoms with Crippen molar-refractivity contribution in [1.29, 1.82) is 0 Å². The van der Waals surface area contributed by atoms with Crippen molar-refractivity contribution in [3.05, 3.63) is 107 Å². The number of hydrogen-bond donors (Lipinski definition) is 1. The van der Waals surface area contributed by atoms with Gasteiger partial charge in [-0.1, -0.05) is 42.1 Å². The first-order chi connectivity index (χ1) is 16.0. The average Bonchev–Trinajstić information content (AvgIpc) is 3.30. The summed E-state index contributed by atoms with van der Waals surface area (Å²) in [6.45, 7) is 0. The normalized spacial score (nSPS) is 12.3. The smallest absolute Gasteiger partial charge is 0.234 e. The quantitative estimate of drug-likeness (QED) is 0.393. The Bertz CT molecular complexity index is 1430. The molecule has 1 amide bonds. The average molecular weight is 457 g/mol. The molecule has 8 heteroatoms. The number of rotatable bonds is 5. The molecule has 0 atom stereocenters. The number of halogens is 1. The summed E-state index contributed by atoms with van der Waals surface area (Å²) in [5.41, 5.74) is 2.37. The van der Waals surface area contributed by atoms with Crippen LogP contribution >= 0.6 is 11.8 Å². The molecule has 1 aromatic heterocycles. The third kappa shape index (κ3) is 3.96. The first-order valence-electron chi connectivity index (χ1n) is 10.1. The summed E-state index contributed by atoms with van der Waals surface area (Å²) < 4.78 is 15.2. The predicted molar refractivity (Wildman–Crippen MR) is 123 cm³/mol. The van der Waals surface area contributed by atoms with Gasteiger partial charge in [0.15, 0.2) is 16.7 Å². The van der Waals surface area contributed by atoms with Gasteiger partial charge in [-0.05, 0) is 36.4 Å². The zero-order chi connectivity index (χ0) is 22.9. The van der Waals surface area contributed by atoms with Crippen LogP contribution in [0.3, 0.4) is 0 Å². The Morgan fingerprint density at radius 2 is 1.64 bits per heavy atom. The van der Waals surface area contributed by atoms with Crippen LogP contribution in [0, 0.1) is 5.82 Å². The highest BCUT2D eigenvalue weighted by atomic mass is 32.2. The van der Waals surface area contributed by atoms with Gasteiger partial charge in [0.1, 0.15) is 5.82 Å². The highest BCUT2D eigenvalue weighted by molar-refractivity contribution is 7.99. The van der Waals surface area contributed by atoms with Crippen LogP contribution in [0.4, 0.5) is 10.1 Å². The largest absolute Gasteiger partial charge is 0.325 e. The maximum atomic E-state index is 13.6. The highest BCUT2D eigenvalue weighted by Gasteiger charge is 2.29. The minimum atomic E-state index is -0.363. The number of imidazole rings is 1. The number of benzene rings is 3. The molecule has 0 aliphatic heterocycles. The van der Waals surface area contributed by atoms with E-state index in [-0.39, 0.29) is 34.6 Å². The molecule has 1 aliphatic rings. The van der Waals surface area contributed by atoms with Gasteiger partial charge < -0.3 is 5.32 Å². The zero-order valence-electron chi connectivity index (χ0n) is 17.1. The number of nitrogens with zero attached hydrogens (tertiary/aromatic N) is 2. The van der Waals surface area contributed by atoms with E-state index in [4.69, 9.17) is 0 Å². The number of thioether (sulfide) groups is 1. The van der Waals surface area contributed by atoms with Crippen LogP contribution in [0.1, 0.15) is 31.8 Å². The van der Waals surface area contributed by atoms with Crippen LogP contribution in [0.25, 0.3) is 5.69 Å². The van der Waals surface area contributed by atoms with Gasteiger partial charge in [-0.3, -0.25) is 19.0 Å². The first-order valence-corrected chi connectivity index (χ1v) is 11.0. The molecule has 5 rings (SSSR count). The molecule has 1 heterocycles. The highest BCUT2D eigenvalue weighted by Crippen LogP contribution is 2.29. The monoisotopic (exact) mass is 457 g/mol. The van der Waals surface area contributed by atoms with Crippen molar-refractivity contribution >= 4 is 34.9 Å². The number of hydrogen-bond acceptors (Lipinski definition) is 5. The van der Waals surface area contributed by atoms with Crippen molar-refractivity contribution in [2.75, 3.05) is 11.1 Å². The molecule has 3 aromatic carbocycles. The minimum Gasteiger partial charge on any atom is -0.325 e. The Hall–Kier alpha value is -4.04. The van der Waals surface area contributed by atoms with Crippen LogP contribution in [0.2, 0.25) is 0 Å². The molecule has 6 nitrogen and oxygen atoms in total. The van der Waals surface area contributed by atoms with Gasteiger partial charge in [0.2, 0.25) is 5.91 Å². The van der Waals surface area contributed by atoms with Crippen LogP contribution < -0.4 is 5.32 Å². The summed E-state index contributed by atoms with van der Waals surface area (Å²) >= 11 is 1.20. The lowest BCUT2D eigenvalue weighted by atomic mass is 9.84. The second-order valence-electron chi connectivity index (χ2n) is 7.36. The van der Waals surface area contributed by atoms with Gasteiger partial charge in [0.25, 0.3) is 0 Å². The Kier molecular flexibility index (Phi) is 5.35. The fourth-order valence-electron chi connectivity index (χ4n) is 3.72. The van der Waals surface area contributed by atoms with Crippen molar-refractivity contribution < 1.29 is 18.8 Å². The second kappa shape index (κ2) is 8.48. The molecule has 1 aliphatic carbocycles. The van der Waals surface area contributed by atoms with E-state index in [0.29, 0.717) is 33.2 Å². The van der Waals surface area contributed by atoms with Gasteiger partial charge in [-0.25, -0.2) is 9.37 Å². The zero-order valence-corrected chi connectivity index (χ0v) is 17.9. The van der Waals surface area contributed by atoms with Crippen LogP contribution in [0.15, 0.2) is 84.3 Å². The van der Waals surface area contributed by atoms with E-state index in [2.05, 4.69) is 10.3 Å². The number of anilines is 1. The van der Waals surface area contributed by atoms with Crippen LogP contribution in [0.5, 0.6) is 0 Å². The molecule has 0 fully saturated rings. The number of carbonyl (C=O) groups excluding carboxylic acids is 3. The summed E-state index contributed by atoms with van der Waals surface area (Å²) in [5.74, 6) is -1.07. The van der Waals surface area contributed by atoms with Crippen LogP contribution in [-0.2, 0) is 4.79 Å². The number of ketones is 2. The summed E-state index contributed by atoms with van der Waals surface area (Å²) in [7, 11) is 0. The molecule has 33 heavy (non-hydrogen) atoms. The fraction of sp³-hybridized carbons (Fsp3) is 0.0400. The summed E-state index contributed by atoms with van der Waals surface area (Å²) in [4.78, 5) is 42.4. The molecule has 0 saturated heterocycles. The minimum absolute atomic E-state index is 0.0547. The number of amides is 1. The van der Waals surface area contributed by atoms with Gasteiger partial charge in [0.05, 0.1) is 11.4 Å². The Balaban J connectivity index is 1.30. The van der Waals surface area contributed by atoms with Gasteiger partial charge in [-0.2, -0.15) is 0 Å². The van der Waals surface area contributed by atoms with E-state index < -0.39 is 0 Å². The first kappa shape index (κ1) is 20.8. The van der Waals surface area contributed by atoms with E-state index in [1.165, 1.54) is 30.0 Å². The molecule has 4 aromatic rings. The maximum Gasteiger partial charge on any atom is 0.234 e. The lowest BCUT2D eigenvalue weighted by molar-refractivity contribution is -0.113. The van der Waals surface area contributed by atoms with E-state index in [1.54, 1.807) is 65.5 Å². The van der Waals surface area contributed by atoms with E-state index in [1.807, 2.05) is 0 Å². The second-order valence-corrected chi connectivity index (χ2v) is 8.30. The summed E-state index contributed by atoms with van der Waals surface area (Å²) in [5, 5.41) is 3.30. The Morgan fingerprint density at radius 1 is 0.909 bits per heavy atom. The molecular weight excluding hydrogens is 441 g/mol. The number of aromatic nitrogens is 2. The molecule has 162 valence electrons. The number of fused-ring (bicyclic) bond motifs is 2. The van der Waals surface area contributed by atoms with Crippen molar-refractivity contribution in [2.45, 2.75) is 5.16 Å². The molecule has 0 spiro atoms. The summed E-state index contributed by atoms with van der Waals surface area (Å²) in [6.07, 6.45) is 3.27. The summed E-state index contributed by atoms with van der Waals surface area (Å²) in [6, 6.07) is 17.5. The fourth-order valence-corrected chi connectivity index (χ4v) is 4.50. The van der Waals surface area contributed by atoms with Gasteiger partial charge >= 0.3 is 0 Å². The van der Waals surface area contributed by atoms with E-state index >= 15 is 0 Å². The lowest BCUT2D eigenvalue weighted by Crippen LogP contribution is -2.21.